The van der Waals surface area contributed by atoms with Crippen LogP contribution in [-0.2, 0) is 14.3 Å². The molecule has 10 heavy (non-hydrogen) atoms. The smallest absolute Gasteiger partial charge is 0.330 e. The van der Waals surface area contributed by atoms with Crippen LogP contribution in [0.1, 0.15) is 6.92 Å². The third kappa shape index (κ3) is 2.64. The van der Waals surface area contributed by atoms with Crippen molar-refractivity contribution in [3.05, 3.63) is 12.2 Å². The zero-order valence-corrected chi connectivity index (χ0v) is 5.87. The van der Waals surface area contributed by atoms with Crippen LogP contribution < -0.4 is 0 Å². The van der Waals surface area contributed by atoms with Crippen molar-refractivity contribution in [2.45, 2.75) is 13.0 Å². The second-order valence-corrected chi connectivity index (χ2v) is 2.09. The van der Waals surface area contributed by atoms with Gasteiger partial charge in [0, 0.05) is 6.08 Å². The normalized spacial score (nSPS) is 23.1. The van der Waals surface area contributed by atoms with E-state index in [0.29, 0.717) is 6.61 Å². The van der Waals surface area contributed by atoms with E-state index in [9.17, 15) is 4.79 Å². The molecular formula is C7H10O3. The van der Waals surface area contributed by atoms with E-state index in [0.717, 1.165) is 6.61 Å². The number of carbonyl (C=O) groups is 1. The van der Waals surface area contributed by atoms with E-state index in [2.05, 4.69) is 0 Å². The Morgan fingerprint density at radius 3 is 3.10 bits per heavy atom. The number of rotatable bonds is 3. The summed E-state index contributed by atoms with van der Waals surface area (Å²) >= 11 is 0. The lowest BCUT2D eigenvalue weighted by Crippen LogP contribution is -2.06. The predicted molar refractivity (Wildman–Crippen MR) is 35.5 cm³/mol. The van der Waals surface area contributed by atoms with Crippen LogP contribution in [0, 0.1) is 0 Å². The van der Waals surface area contributed by atoms with Crippen LogP contribution in [-0.4, -0.2) is 25.3 Å². The Bertz CT molecular complexity index is 147. The molecule has 1 atom stereocenters. The van der Waals surface area contributed by atoms with Crippen molar-refractivity contribution in [1.29, 1.82) is 0 Å². The molecule has 3 nitrogen and oxygen atoms in total. The molecule has 0 aromatic rings. The Morgan fingerprint density at radius 1 is 1.90 bits per heavy atom. The van der Waals surface area contributed by atoms with Gasteiger partial charge in [-0.1, -0.05) is 6.08 Å². The molecule has 0 aliphatic carbocycles. The van der Waals surface area contributed by atoms with Crippen molar-refractivity contribution in [1.82, 2.24) is 0 Å². The molecule has 1 saturated heterocycles. The average Bonchev–Trinajstić information content (AvgIpc) is 2.67. The van der Waals surface area contributed by atoms with Crippen LogP contribution in [0.15, 0.2) is 12.2 Å². The topological polar surface area (TPSA) is 38.8 Å². The summed E-state index contributed by atoms with van der Waals surface area (Å²) in [4.78, 5) is 10.6. The second kappa shape index (κ2) is 3.37. The van der Waals surface area contributed by atoms with Gasteiger partial charge in [-0.25, -0.2) is 4.79 Å². The summed E-state index contributed by atoms with van der Waals surface area (Å²) in [6.07, 6.45) is 3.20. The lowest BCUT2D eigenvalue weighted by atomic mass is 10.5. The Balaban J connectivity index is 2.05. The van der Waals surface area contributed by atoms with Crippen molar-refractivity contribution in [2.24, 2.45) is 0 Å². The highest BCUT2D eigenvalue weighted by Gasteiger charge is 2.23. The molecule has 56 valence electrons. The number of ether oxygens (including phenoxy) is 2. The van der Waals surface area contributed by atoms with Crippen LogP contribution in [0.3, 0.4) is 0 Å². The van der Waals surface area contributed by atoms with Crippen LogP contribution in [0.4, 0.5) is 0 Å². The highest BCUT2D eigenvalue weighted by molar-refractivity contribution is 5.81. The molecule has 1 rings (SSSR count). The van der Waals surface area contributed by atoms with E-state index >= 15 is 0 Å². The molecular weight excluding hydrogens is 132 g/mol. The van der Waals surface area contributed by atoms with Gasteiger partial charge in [-0.05, 0) is 6.92 Å². The fraction of sp³-hybridized carbons (Fsp3) is 0.571. The first-order chi connectivity index (χ1) is 4.83. The van der Waals surface area contributed by atoms with Gasteiger partial charge in [0.1, 0.15) is 12.7 Å². The summed E-state index contributed by atoms with van der Waals surface area (Å²) in [5.74, 6) is -0.294. The van der Waals surface area contributed by atoms with Gasteiger partial charge in [-0.2, -0.15) is 0 Å². The molecule has 0 saturated carbocycles. The van der Waals surface area contributed by atoms with Gasteiger partial charge in [0.05, 0.1) is 6.61 Å². The third-order valence-corrected chi connectivity index (χ3v) is 1.12. The van der Waals surface area contributed by atoms with E-state index in [-0.39, 0.29) is 12.1 Å². The lowest BCUT2D eigenvalue weighted by molar-refractivity contribution is -0.138. The Kier molecular flexibility index (Phi) is 2.45. The molecule has 0 radical (unpaired) electrons. The molecule has 0 aromatic carbocycles. The Hall–Kier alpha value is -0.830. The van der Waals surface area contributed by atoms with Crippen LogP contribution in [0.25, 0.3) is 0 Å². The SMILES string of the molecule is C/C=C/C(=O)OCC1CO1. The maximum absolute atomic E-state index is 10.6. The van der Waals surface area contributed by atoms with E-state index < -0.39 is 0 Å². The summed E-state index contributed by atoms with van der Waals surface area (Å²) in [6.45, 7) is 2.89. The minimum atomic E-state index is -0.294. The van der Waals surface area contributed by atoms with Gasteiger partial charge < -0.3 is 9.47 Å². The maximum atomic E-state index is 10.6. The van der Waals surface area contributed by atoms with Gasteiger partial charge in [-0.15, -0.1) is 0 Å². The lowest BCUT2D eigenvalue weighted by Gasteiger charge is -1.95. The highest BCUT2D eigenvalue weighted by Crippen LogP contribution is 2.08. The highest BCUT2D eigenvalue weighted by atomic mass is 16.6. The van der Waals surface area contributed by atoms with Crippen LogP contribution >= 0.6 is 0 Å². The van der Waals surface area contributed by atoms with Crippen LogP contribution in [0.2, 0.25) is 0 Å². The molecule has 0 spiro atoms. The quantitative estimate of drug-likeness (QED) is 0.327. The van der Waals surface area contributed by atoms with Gasteiger partial charge in [0.25, 0.3) is 0 Å². The summed E-state index contributed by atoms with van der Waals surface area (Å²) in [6, 6.07) is 0. The first-order valence-electron chi connectivity index (χ1n) is 3.24. The molecule has 0 bridgehead atoms. The average molecular weight is 142 g/mol. The van der Waals surface area contributed by atoms with Crippen molar-refractivity contribution in [3.63, 3.8) is 0 Å². The molecule has 1 unspecified atom stereocenters. The Morgan fingerprint density at radius 2 is 2.60 bits per heavy atom. The molecule has 0 aromatic heterocycles. The summed E-state index contributed by atoms with van der Waals surface area (Å²) in [5, 5.41) is 0. The first-order valence-corrected chi connectivity index (χ1v) is 3.24. The zero-order valence-electron chi connectivity index (χ0n) is 5.87. The first kappa shape index (κ1) is 7.28. The number of epoxide rings is 1. The summed E-state index contributed by atoms with van der Waals surface area (Å²) < 4.78 is 9.59. The summed E-state index contributed by atoms with van der Waals surface area (Å²) in [7, 11) is 0. The molecule has 1 fully saturated rings. The van der Waals surface area contributed by atoms with Crippen molar-refractivity contribution >= 4 is 5.97 Å². The van der Waals surface area contributed by atoms with Gasteiger partial charge in [0.15, 0.2) is 0 Å². The molecule has 1 heterocycles. The fourth-order valence-electron chi connectivity index (χ4n) is 0.524. The van der Waals surface area contributed by atoms with Crippen molar-refractivity contribution in [2.75, 3.05) is 13.2 Å². The van der Waals surface area contributed by atoms with Crippen molar-refractivity contribution < 1.29 is 14.3 Å². The number of allylic oxidation sites excluding steroid dienone is 1. The molecule has 1 aliphatic heterocycles. The molecule has 1 aliphatic rings. The van der Waals surface area contributed by atoms with E-state index in [1.54, 1.807) is 13.0 Å². The van der Waals surface area contributed by atoms with E-state index in [1.165, 1.54) is 6.08 Å². The number of esters is 1. The summed E-state index contributed by atoms with van der Waals surface area (Å²) in [5.41, 5.74) is 0. The third-order valence-electron chi connectivity index (χ3n) is 1.12. The van der Waals surface area contributed by atoms with E-state index in [4.69, 9.17) is 9.47 Å². The minimum Gasteiger partial charge on any atom is -0.460 e. The largest absolute Gasteiger partial charge is 0.460 e. The second-order valence-electron chi connectivity index (χ2n) is 2.09. The minimum absolute atomic E-state index is 0.161. The number of hydrogen-bond acceptors (Lipinski definition) is 3. The maximum Gasteiger partial charge on any atom is 0.330 e. The molecule has 0 amide bonds. The van der Waals surface area contributed by atoms with Crippen molar-refractivity contribution in [3.8, 4) is 0 Å². The molecule has 3 heteroatoms. The fourth-order valence-corrected chi connectivity index (χ4v) is 0.524. The van der Waals surface area contributed by atoms with Gasteiger partial charge in [0.2, 0.25) is 0 Å². The monoisotopic (exact) mass is 142 g/mol. The van der Waals surface area contributed by atoms with E-state index in [1.807, 2.05) is 0 Å². The standard InChI is InChI=1S/C7H10O3/c1-2-3-7(8)10-5-6-4-9-6/h2-3,6H,4-5H2,1H3/b3-2+. The predicted octanol–water partition coefficient (Wildman–Crippen LogP) is 0.505. The van der Waals surface area contributed by atoms with Crippen LogP contribution in [0.5, 0.6) is 0 Å². The molecule has 0 N–H and O–H groups in total. The number of carbonyl (C=O) groups excluding carboxylic acids is 1. The zero-order chi connectivity index (χ0) is 7.40. The Labute approximate surface area is 59.6 Å². The van der Waals surface area contributed by atoms with Gasteiger partial charge in [-0.3, -0.25) is 0 Å². The van der Waals surface area contributed by atoms with Gasteiger partial charge >= 0.3 is 5.97 Å². The number of hydrogen-bond donors (Lipinski definition) is 0.